The summed E-state index contributed by atoms with van der Waals surface area (Å²) < 4.78 is 42.0. The molecule has 120 valence electrons. The molecule has 0 saturated heterocycles. The molecule has 0 spiro atoms. The molecule has 4 nitrogen and oxygen atoms in total. The molecule has 1 rings (SSSR count). The van der Waals surface area contributed by atoms with Gasteiger partial charge in [-0.2, -0.15) is 13.2 Å². The highest BCUT2D eigenvalue weighted by Crippen LogP contribution is 2.29. The Morgan fingerprint density at radius 1 is 1.14 bits per heavy atom. The minimum absolute atomic E-state index is 0.00329. The monoisotopic (exact) mass is 316 g/mol. The van der Waals surface area contributed by atoms with Gasteiger partial charge in [0.1, 0.15) is 11.7 Å². The smallest absolute Gasteiger partial charge is 0.416 e. The lowest BCUT2D eigenvalue weighted by atomic mass is 9.95. The van der Waals surface area contributed by atoms with Crippen molar-refractivity contribution in [2.45, 2.75) is 26.4 Å². The fourth-order valence-corrected chi connectivity index (χ4v) is 1.78. The van der Waals surface area contributed by atoms with Gasteiger partial charge in [0.25, 0.3) is 0 Å². The Hall–Kier alpha value is -2.18. The van der Waals surface area contributed by atoms with Gasteiger partial charge in [0, 0.05) is 12.0 Å². The van der Waals surface area contributed by atoms with Crippen molar-refractivity contribution in [1.29, 1.82) is 0 Å². The fourth-order valence-electron chi connectivity index (χ4n) is 1.78. The largest absolute Gasteiger partial charge is 0.465 e. The quantitative estimate of drug-likeness (QED) is 0.460. The standard InChI is InChI=1S/C15H15F3O4/c1-3-22-14(21)12(9(2)19)8-13(20)10-4-6-11(7-5-10)15(16,17)18/h4-7,12H,3,8H2,1-2H3. The number of esters is 1. The van der Waals surface area contributed by atoms with Crippen LogP contribution in [0.4, 0.5) is 13.2 Å². The number of hydrogen-bond acceptors (Lipinski definition) is 4. The van der Waals surface area contributed by atoms with Crippen molar-refractivity contribution < 1.29 is 32.3 Å². The normalized spacial score (nSPS) is 12.6. The van der Waals surface area contributed by atoms with Crippen LogP contribution in [0, 0.1) is 5.92 Å². The van der Waals surface area contributed by atoms with E-state index in [0.29, 0.717) is 0 Å². The Morgan fingerprint density at radius 3 is 2.09 bits per heavy atom. The van der Waals surface area contributed by atoms with E-state index in [4.69, 9.17) is 4.74 Å². The van der Waals surface area contributed by atoms with E-state index in [0.717, 1.165) is 31.2 Å². The Labute approximate surface area is 125 Å². The molecular formula is C15H15F3O4. The molecule has 0 bridgehead atoms. The third kappa shape index (κ3) is 4.68. The molecule has 0 aliphatic heterocycles. The first-order valence-electron chi connectivity index (χ1n) is 6.54. The maximum absolute atomic E-state index is 12.4. The van der Waals surface area contributed by atoms with Crippen molar-refractivity contribution in [2.75, 3.05) is 6.61 Å². The second-order valence-electron chi connectivity index (χ2n) is 4.62. The molecule has 0 amide bonds. The van der Waals surface area contributed by atoms with Gasteiger partial charge in [-0.3, -0.25) is 14.4 Å². The second-order valence-corrected chi connectivity index (χ2v) is 4.62. The van der Waals surface area contributed by atoms with Crippen LogP contribution in [-0.4, -0.2) is 24.1 Å². The van der Waals surface area contributed by atoms with Crippen LogP contribution < -0.4 is 0 Å². The SMILES string of the molecule is CCOC(=O)C(CC(=O)c1ccc(C(F)(F)F)cc1)C(C)=O. The molecule has 0 aliphatic carbocycles. The summed E-state index contributed by atoms with van der Waals surface area (Å²) in [6, 6.07) is 3.60. The van der Waals surface area contributed by atoms with Crippen molar-refractivity contribution in [2.24, 2.45) is 5.92 Å². The zero-order valence-electron chi connectivity index (χ0n) is 12.1. The summed E-state index contributed by atoms with van der Waals surface area (Å²) in [6.45, 7) is 2.78. The summed E-state index contributed by atoms with van der Waals surface area (Å²) in [6.07, 6.45) is -4.92. The first-order chi connectivity index (χ1) is 10.2. The zero-order valence-corrected chi connectivity index (χ0v) is 12.1. The van der Waals surface area contributed by atoms with Crippen LogP contribution in [0.2, 0.25) is 0 Å². The van der Waals surface area contributed by atoms with Crippen LogP contribution >= 0.6 is 0 Å². The Bertz CT molecular complexity index is 561. The van der Waals surface area contributed by atoms with E-state index < -0.39 is 41.6 Å². The van der Waals surface area contributed by atoms with Crippen LogP contribution in [0.1, 0.15) is 36.2 Å². The summed E-state index contributed by atoms with van der Waals surface area (Å²) in [5.74, 6) is -3.18. The highest BCUT2D eigenvalue weighted by molar-refractivity contribution is 6.05. The molecule has 0 radical (unpaired) electrons. The molecule has 1 aromatic carbocycles. The second kappa shape index (κ2) is 7.20. The summed E-state index contributed by atoms with van der Waals surface area (Å²) in [5.41, 5.74) is -0.874. The van der Waals surface area contributed by atoms with E-state index in [9.17, 15) is 27.6 Å². The number of alkyl halides is 3. The van der Waals surface area contributed by atoms with Crippen LogP contribution in [0.15, 0.2) is 24.3 Å². The third-order valence-corrected chi connectivity index (χ3v) is 2.99. The highest BCUT2D eigenvalue weighted by Gasteiger charge is 2.31. The predicted molar refractivity (Wildman–Crippen MR) is 71.2 cm³/mol. The topological polar surface area (TPSA) is 60.4 Å². The van der Waals surface area contributed by atoms with Crippen molar-refractivity contribution in [3.8, 4) is 0 Å². The number of hydrogen-bond donors (Lipinski definition) is 0. The molecular weight excluding hydrogens is 301 g/mol. The summed E-state index contributed by atoms with van der Waals surface area (Å²) in [4.78, 5) is 35.0. The fraction of sp³-hybridized carbons (Fsp3) is 0.400. The van der Waals surface area contributed by atoms with Crippen molar-refractivity contribution in [3.05, 3.63) is 35.4 Å². The Kier molecular flexibility index (Phi) is 5.84. The molecule has 0 saturated carbocycles. The van der Waals surface area contributed by atoms with Gasteiger partial charge in [-0.1, -0.05) is 12.1 Å². The Morgan fingerprint density at radius 2 is 1.68 bits per heavy atom. The molecule has 1 atom stereocenters. The first kappa shape index (κ1) is 17.9. The van der Waals surface area contributed by atoms with Gasteiger partial charge in [0.05, 0.1) is 12.2 Å². The molecule has 0 aliphatic rings. The van der Waals surface area contributed by atoms with Crippen molar-refractivity contribution >= 4 is 17.5 Å². The maximum Gasteiger partial charge on any atom is 0.416 e. The molecule has 0 N–H and O–H groups in total. The van der Waals surface area contributed by atoms with Gasteiger partial charge in [-0.05, 0) is 26.0 Å². The van der Waals surface area contributed by atoms with Crippen LogP contribution in [0.5, 0.6) is 0 Å². The van der Waals surface area contributed by atoms with E-state index in [1.807, 2.05) is 0 Å². The van der Waals surface area contributed by atoms with Gasteiger partial charge in [-0.15, -0.1) is 0 Å². The lowest BCUT2D eigenvalue weighted by molar-refractivity contribution is -0.151. The van der Waals surface area contributed by atoms with Gasteiger partial charge in [0.15, 0.2) is 5.78 Å². The van der Waals surface area contributed by atoms with E-state index in [1.54, 1.807) is 6.92 Å². The zero-order chi connectivity index (χ0) is 16.9. The highest BCUT2D eigenvalue weighted by atomic mass is 19.4. The van der Waals surface area contributed by atoms with Crippen LogP contribution in [0.3, 0.4) is 0 Å². The minimum atomic E-state index is -4.49. The van der Waals surface area contributed by atoms with Gasteiger partial charge in [-0.25, -0.2) is 0 Å². The van der Waals surface area contributed by atoms with Crippen LogP contribution in [-0.2, 0) is 20.5 Å². The molecule has 0 aromatic heterocycles. The Balaban J connectivity index is 2.87. The van der Waals surface area contributed by atoms with E-state index in [2.05, 4.69) is 0 Å². The van der Waals surface area contributed by atoms with Gasteiger partial charge >= 0.3 is 12.1 Å². The number of rotatable bonds is 6. The molecule has 1 aromatic rings. The molecule has 1 unspecified atom stereocenters. The molecule has 7 heteroatoms. The van der Waals surface area contributed by atoms with E-state index in [1.165, 1.54) is 0 Å². The summed E-state index contributed by atoms with van der Waals surface area (Å²) in [7, 11) is 0. The lowest BCUT2D eigenvalue weighted by Gasteiger charge is -2.12. The number of benzene rings is 1. The van der Waals surface area contributed by atoms with Crippen molar-refractivity contribution in [3.63, 3.8) is 0 Å². The minimum Gasteiger partial charge on any atom is -0.465 e. The molecule has 0 fully saturated rings. The van der Waals surface area contributed by atoms with E-state index in [-0.39, 0.29) is 12.2 Å². The number of carbonyl (C=O) groups excluding carboxylic acids is 3. The first-order valence-corrected chi connectivity index (χ1v) is 6.54. The number of halogens is 3. The molecule has 0 heterocycles. The number of ketones is 2. The summed E-state index contributed by atoms with van der Waals surface area (Å²) >= 11 is 0. The van der Waals surface area contributed by atoms with Crippen LogP contribution in [0.25, 0.3) is 0 Å². The molecule has 22 heavy (non-hydrogen) atoms. The number of Topliss-reactive ketones (excluding diaryl/α,β-unsaturated/α-hetero) is 2. The third-order valence-electron chi connectivity index (χ3n) is 2.99. The number of ether oxygens (including phenoxy) is 1. The van der Waals surface area contributed by atoms with E-state index >= 15 is 0 Å². The average Bonchev–Trinajstić information content (AvgIpc) is 2.43. The average molecular weight is 316 g/mol. The summed E-state index contributed by atoms with van der Waals surface area (Å²) in [5, 5.41) is 0. The number of carbonyl (C=O) groups is 3. The maximum atomic E-state index is 12.4. The lowest BCUT2D eigenvalue weighted by Crippen LogP contribution is -2.27. The van der Waals surface area contributed by atoms with Gasteiger partial charge < -0.3 is 4.74 Å². The predicted octanol–water partition coefficient (Wildman–Crippen LogP) is 3.05. The van der Waals surface area contributed by atoms with Gasteiger partial charge in [0.2, 0.25) is 0 Å². The van der Waals surface area contributed by atoms with Crippen molar-refractivity contribution in [1.82, 2.24) is 0 Å².